The number of benzene rings is 1. The zero-order valence-corrected chi connectivity index (χ0v) is 11.8. The van der Waals surface area contributed by atoms with Crippen molar-refractivity contribution in [1.82, 2.24) is 4.57 Å². The molecule has 1 aromatic heterocycles. The summed E-state index contributed by atoms with van der Waals surface area (Å²) in [4.78, 5) is 34.7. The number of carbonyl (C=O) groups excluding carboxylic acids is 1. The summed E-state index contributed by atoms with van der Waals surface area (Å²) in [6.07, 6.45) is 1.36. The fraction of sp³-hybridized carbons (Fsp3) is 0.133. The molecular formula is C15H14N2O5. The number of carboxylic acid groups (broad SMARTS) is 1. The van der Waals surface area contributed by atoms with Crippen molar-refractivity contribution >= 4 is 17.6 Å². The Morgan fingerprint density at radius 2 is 2.05 bits per heavy atom. The van der Waals surface area contributed by atoms with Gasteiger partial charge in [0.1, 0.15) is 17.9 Å². The maximum absolute atomic E-state index is 12.0. The lowest BCUT2D eigenvalue weighted by atomic mass is 10.2. The van der Waals surface area contributed by atoms with Crippen LogP contribution in [0.5, 0.6) is 5.75 Å². The topological polar surface area (TPSA) is 97.6 Å². The van der Waals surface area contributed by atoms with Crippen LogP contribution in [-0.2, 0) is 11.3 Å². The van der Waals surface area contributed by atoms with Gasteiger partial charge in [-0.2, -0.15) is 0 Å². The molecule has 114 valence electrons. The molecule has 0 unspecified atom stereocenters. The zero-order valence-electron chi connectivity index (χ0n) is 11.8. The molecule has 0 bridgehead atoms. The molecule has 7 nitrogen and oxygen atoms in total. The van der Waals surface area contributed by atoms with Crippen LogP contribution in [0.25, 0.3) is 0 Å². The largest absolute Gasteiger partial charge is 0.497 e. The second-order valence-corrected chi connectivity index (χ2v) is 4.44. The van der Waals surface area contributed by atoms with E-state index in [0.29, 0.717) is 11.4 Å². The van der Waals surface area contributed by atoms with Gasteiger partial charge >= 0.3 is 5.97 Å². The van der Waals surface area contributed by atoms with Crippen molar-refractivity contribution in [2.75, 3.05) is 12.4 Å². The van der Waals surface area contributed by atoms with E-state index >= 15 is 0 Å². The fourth-order valence-corrected chi connectivity index (χ4v) is 1.88. The number of carboxylic acids is 1. The maximum Gasteiger partial charge on any atom is 0.341 e. The molecule has 0 aliphatic carbocycles. The van der Waals surface area contributed by atoms with E-state index < -0.39 is 17.4 Å². The van der Waals surface area contributed by atoms with Gasteiger partial charge in [0.05, 0.1) is 7.11 Å². The van der Waals surface area contributed by atoms with E-state index in [0.717, 1.165) is 4.57 Å². The lowest BCUT2D eigenvalue weighted by Gasteiger charge is -2.09. The van der Waals surface area contributed by atoms with Crippen LogP contribution in [-0.4, -0.2) is 28.7 Å². The van der Waals surface area contributed by atoms with Crippen LogP contribution in [0.1, 0.15) is 10.4 Å². The predicted molar refractivity (Wildman–Crippen MR) is 79.3 cm³/mol. The Labute approximate surface area is 125 Å². The van der Waals surface area contributed by atoms with Gasteiger partial charge in [0.2, 0.25) is 5.91 Å². The number of rotatable bonds is 5. The number of pyridine rings is 1. The predicted octanol–water partition coefficient (Wildman–Crippen LogP) is 1.19. The Hall–Kier alpha value is -3.09. The van der Waals surface area contributed by atoms with Crippen molar-refractivity contribution in [2.45, 2.75) is 6.54 Å². The number of methoxy groups -OCH3 is 1. The lowest BCUT2D eigenvalue weighted by Crippen LogP contribution is -2.30. The zero-order chi connectivity index (χ0) is 16.1. The molecule has 0 aliphatic rings. The fourth-order valence-electron chi connectivity index (χ4n) is 1.88. The van der Waals surface area contributed by atoms with Crippen molar-refractivity contribution in [3.8, 4) is 5.75 Å². The first-order chi connectivity index (χ1) is 10.5. The van der Waals surface area contributed by atoms with E-state index in [-0.39, 0.29) is 12.1 Å². The van der Waals surface area contributed by atoms with Crippen LogP contribution in [0.4, 0.5) is 5.69 Å². The number of aromatic nitrogens is 1. The van der Waals surface area contributed by atoms with Crippen LogP contribution in [0.3, 0.4) is 0 Å². The van der Waals surface area contributed by atoms with Crippen molar-refractivity contribution in [1.29, 1.82) is 0 Å². The number of ether oxygens (including phenoxy) is 1. The molecule has 1 heterocycles. The molecule has 0 radical (unpaired) electrons. The Balaban J connectivity index is 2.14. The number of nitrogens with zero attached hydrogens (tertiary/aromatic N) is 1. The van der Waals surface area contributed by atoms with Gasteiger partial charge in [-0.3, -0.25) is 9.59 Å². The smallest absolute Gasteiger partial charge is 0.341 e. The number of amides is 1. The first-order valence-electron chi connectivity index (χ1n) is 6.38. The lowest BCUT2D eigenvalue weighted by molar-refractivity contribution is -0.116. The minimum atomic E-state index is -1.33. The maximum atomic E-state index is 12.0. The standard InChI is InChI=1S/C15H14N2O5/c1-22-11-5-2-4-10(8-11)16-13(18)9-17-7-3-6-12(14(17)19)15(20)21/h2-8H,9H2,1H3,(H,16,18)(H,20,21). The van der Waals surface area contributed by atoms with Gasteiger partial charge in [-0.15, -0.1) is 0 Å². The summed E-state index contributed by atoms with van der Waals surface area (Å²) in [5.74, 6) is -1.19. The molecular weight excluding hydrogens is 288 g/mol. The van der Waals surface area contributed by atoms with Gasteiger partial charge in [0.15, 0.2) is 0 Å². The van der Waals surface area contributed by atoms with E-state index in [2.05, 4.69) is 5.32 Å². The van der Waals surface area contributed by atoms with Gasteiger partial charge in [-0.25, -0.2) is 4.79 Å². The number of anilines is 1. The monoisotopic (exact) mass is 302 g/mol. The Bertz CT molecular complexity index is 767. The number of hydrogen-bond donors (Lipinski definition) is 2. The van der Waals surface area contributed by atoms with Crippen LogP contribution in [0.2, 0.25) is 0 Å². The SMILES string of the molecule is COc1cccc(NC(=O)Cn2cccc(C(=O)O)c2=O)c1. The second-order valence-electron chi connectivity index (χ2n) is 4.44. The van der Waals surface area contributed by atoms with Gasteiger partial charge < -0.3 is 19.7 Å². The summed E-state index contributed by atoms with van der Waals surface area (Å²) in [5.41, 5.74) is -0.584. The highest BCUT2D eigenvalue weighted by molar-refractivity contribution is 5.91. The summed E-state index contributed by atoms with van der Waals surface area (Å²) < 4.78 is 6.08. The van der Waals surface area contributed by atoms with Crippen LogP contribution < -0.4 is 15.6 Å². The van der Waals surface area contributed by atoms with Gasteiger partial charge in [-0.05, 0) is 24.3 Å². The third-order valence-electron chi connectivity index (χ3n) is 2.92. The molecule has 0 saturated heterocycles. The Morgan fingerprint density at radius 1 is 1.27 bits per heavy atom. The van der Waals surface area contributed by atoms with Gasteiger partial charge in [0.25, 0.3) is 5.56 Å². The average Bonchev–Trinajstić information content (AvgIpc) is 2.49. The van der Waals surface area contributed by atoms with Crippen LogP contribution >= 0.6 is 0 Å². The summed E-state index contributed by atoms with van der Waals surface area (Å²) >= 11 is 0. The van der Waals surface area contributed by atoms with Crippen molar-refractivity contribution in [3.05, 3.63) is 58.5 Å². The molecule has 2 aromatic rings. The molecule has 2 N–H and O–H groups in total. The molecule has 7 heteroatoms. The first kappa shape index (κ1) is 15.3. The van der Waals surface area contributed by atoms with Crippen LogP contribution in [0, 0.1) is 0 Å². The minimum absolute atomic E-state index is 0.281. The number of carbonyl (C=O) groups is 2. The third-order valence-corrected chi connectivity index (χ3v) is 2.92. The second kappa shape index (κ2) is 6.57. The Kier molecular flexibility index (Phi) is 4.57. The van der Waals surface area contributed by atoms with E-state index in [1.807, 2.05) is 0 Å². The molecule has 0 aliphatic heterocycles. The highest BCUT2D eigenvalue weighted by Crippen LogP contribution is 2.16. The number of hydrogen-bond acceptors (Lipinski definition) is 4. The van der Waals surface area contributed by atoms with E-state index in [9.17, 15) is 14.4 Å². The molecule has 1 amide bonds. The van der Waals surface area contributed by atoms with Crippen molar-refractivity contribution in [3.63, 3.8) is 0 Å². The Morgan fingerprint density at radius 3 is 2.73 bits per heavy atom. The minimum Gasteiger partial charge on any atom is -0.497 e. The first-order valence-corrected chi connectivity index (χ1v) is 6.38. The van der Waals surface area contributed by atoms with E-state index in [1.165, 1.54) is 25.4 Å². The third kappa shape index (κ3) is 3.51. The highest BCUT2D eigenvalue weighted by Gasteiger charge is 2.12. The number of nitrogens with one attached hydrogen (secondary N) is 1. The molecule has 2 rings (SSSR count). The quantitative estimate of drug-likeness (QED) is 0.864. The average molecular weight is 302 g/mol. The highest BCUT2D eigenvalue weighted by atomic mass is 16.5. The van der Waals surface area contributed by atoms with Crippen LogP contribution in [0.15, 0.2) is 47.4 Å². The van der Waals surface area contributed by atoms with Gasteiger partial charge in [0, 0.05) is 18.0 Å². The number of aromatic carboxylic acids is 1. The molecule has 0 fully saturated rings. The normalized spacial score (nSPS) is 10.0. The molecule has 0 saturated carbocycles. The molecule has 22 heavy (non-hydrogen) atoms. The van der Waals surface area contributed by atoms with Gasteiger partial charge in [-0.1, -0.05) is 6.07 Å². The molecule has 0 atom stereocenters. The van der Waals surface area contributed by atoms with E-state index in [1.54, 1.807) is 24.3 Å². The van der Waals surface area contributed by atoms with E-state index in [4.69, 9.17) is 9.84 Å². The van der Waals surface area contributed by atoms with Crippen molar-refractivity contribution < 1.29 is 19.4 Å². The molecule has 0 spiro atoms. The summed E-state index contributed by atoms with van der Waals surface area (Å²) in [5, 5.41) is 11.5. The molecule has 1 aromatic carbocycles. The van der Waals surface area contributed by atoms with Crippen molar-refractivity contribution in [2.24, 2.45) is 0 Å². The summed E-state index contributed by atoms with van der Waals surface area (Å²) in [6.45, 7) is -0.281. The summed E-state index contributed by atoms with van der Waals surface area (Å²) in [6, 6.07) is 9.36. The summed E-state index contributed by atoms with van der Waals surface area (Å²) in [7, 11) is 1.51.